The Hall–Kier alpha value is -1.06. The molecule has 4 nitrogen and oxygen atoms in total. The van der Waals surface area contributed by atoms with Crippen LogP contribution in [0.2, 0.25) is 0 Å². The third-order valence-corrected chi connectivity index (χ3v) is 4.80. The van der Waals surface area contributed by atoms with Crippen molar-refractivity contribution in [1.29, 1.82) is 0 Å². The number of ether oxygens (including phenoxy) is 1. The summed E-state index contributed by atoms with van der Waals surface area (Å²) in [6.45, 7) is 0.789. The predicted octanol–water partition coefficient (Wildman–Crippen LogP) is 2.37. The average molecular weight is 267 g/mol. The molecule has 0 aromatic heterocycles. The zero-order valence-electron chi connectivity index (χ0n) is 12.1. The summed E-state index contributed by atoms with van der Waals surface area (Å²) in [5, 5.41) is 0. The van der Waals surface area contributed by atoms with Gasteiger partial charge in [0.1, 0.15) is 5.41 Å². The molecule has 0 N–H and O–H groups in total. The molecule has 2 aliphatic rings. The van der Waals surface area contributed by atoms with Crippen molar-refractivity contribution in [1.82, 2.24) is 4.90 Å². The lowest BCUT2D eigenvalue weighted by molar-refractivity contribution is -0.169. The molecule has 1 amide bonds. The van der Waals surface area contributed by atoms with E-state index in [4.69, 9.17) is 4.74 Å². The Morgan fingerprint density at radius 2 is 1.79 bits per heavy atom. The minimum Gasteiger partial charge on any atom is -0.468 e. The maximum absolute atomic E-state index is 12.5. The van der Waals surface area contributed by atoms with E-state index in [0.29, 0.717) is 18.8 Å². The highest BCUT2D eigenvalue weighted by Crippen LogP contribution is 2.43. The smallest absolute Gasteiger partial charge is 0.321 e. The standard InChI is InChI=1S/C15H25NO3/c1-16(11-12-7-4-3-5-8-12)13(17)15(9-6-10-15)14(18)19-2/h12H,3-11H2,1-2H3. The van der Waals surface area contributed by atoms with Crippen molar-refractivity contribution in [3.63, 3.8) is 0 Å². The second-order valence-electron chi connectivity index (χ2n) is 6.12. The predicted molar refractivity (Wildman–Crippen MR) is 72.5 cm³/mol. The Morgan fingerprint density at radius 3 is 2.26 bits per heavy atom. The molecule has 2 fully saturated rings. The Bertz CT molecular complexity index is 343. The lowest BCUT2D eigenvalue weighted by atomic mass is 9.67. The van der Waals surface area contributed by atoms with Crippen molar-refractivity contribution in [3.05, 3.63) is 0 Å². The van der Waals surface area contributed by atoms with E-state index in [1.165, 1.54) is 39.2 Å². The highest BCUT2D eigenvalue weighted by molar-refractivity contribution is 6.03. The van der Waals surface area contributed by atoms with Gasteiger partial charge >= 0.3 is 5.97 Å². The average Bonchev–Trinajstić information content (AvgIpc) is 2.38. The molecular formula is C15H25NO3. The molecule has 0 aromatic rings. The largest absolute Gasteiger partial charge is 0.468 e. The van der Waals surface area contributed by atoms with Gasteiger partial charge in [-0.1, -0.05) is 25.7 Å². The fourth-order valence-electron chi connectivity index (χ4n) is 3.44. The summed E-state index contributed by atoms with van der Waals surface area (Å²) < 4.78 is 4.83. The lowest BCUT2D eigenvalue weighted by Gasteiger charge is -2.40. The summed E-state index contributed by atoms with van der Waals surface area (Å²) in [5.41, 5.74) is -0.863. The van der Waals surface area contributed by atoms with Gasteiger partial charge in [0, 0.05) is 13.6 Å². The Labute approximate surface area is 115 Å². The number of hydrogen-bond acceptors (Lipinski definition) is 3. The molecule has 0 aromatic carbocycles. The fraction of sp³-hybridized carbons (Fsp3) is 0.867. The molecule has 0 aliphatic heterocycles. The molecule has 0 radical (unpaired) electrons. The van der Waals surface area contributed by atoms with Gasteiger partial charge in [-0.3, -0.25) is 9.59 Å². The number of carbonyl (C=O) groups is 2. The van der Waals surface area contributed by atoms with Crippen LogP contribution in [0.1, 0.15) is 51.4 Å². The van der Waals surface area contributed by atoms with Crippen molar-refractivity contribution in [2.75, 3.05) is 20.7 Å². The Kier molecular flexibility index (Phi) is 4.48. The van der Waals surface area contributed by atoms with Crippen molar-refractivity contribution in [3.8, 4) is 0 Å². The van der Waals surface area contributed by atoms with Crippen LogP contribution >= 0.6 is 0 Å². The third kappa shape index (κ3) is 2.77. The first-order valence-corrected chi connectivity index (χ1v) is 7.44. The van der Waals surface area contributed by atoms with Crippen LogP contribution in [-0.2, 0) is 14.3 Å². The molecule has 4 heteroatoms. The van der Waals surface area contributed by atoms with Crippen LogP contribution in [0.3, 0.4) is 0 Å². The molecule has 0 heterocycles. The molecule has 19 heavy (non-hydrogen) atoms. The quantitative estimate of drug-likeness (QED) is 0.580. The van der Waals surface area contributed by atoms with E-state index in [-0.39, 0.29) is 11.9 Å². The van der Waals surface area contributed by atoms with Gasteiger partial charge in [0.2, 0.25) is 5.91 Å². The molecule has 0 unspecified atom stereocenters. The molecule has 2 saturated carbocycles. The van der Waals surface area contributed by atoms with Gasteiger partial charge in [0.15, 0.2) is 0 Å². The number of hydrogen-bond donors (Lipinski definition) is 0. The highest BCUT2D eigenvalue weighted by atomic mass is 16.5. The molecule has 0 bridgehead atoms. The Balaban J connectivity index is 1.95. The monoisotopic (exact) mass is 267 g/mol. The van der Waals surface area contributed by atoms with Crippen molar-refractivity contribution in [2.45, 2.75) is 51.4 Å². The van der Waals surface area contributed by atoms with Gasteiger partial charge in [0.05, 0.1) is 7.11 Å². The van der Waals surface area contributed by atoms with Crippen LogP contribution in [-0.4, -0.2) is 37.5 Å². The fourth-order valence-corrected chi connectivity index (χ4v) is 3.44. The van der Waals surface area contributed by atoms with E-state index in [1.807, 2.05) is 7.05 Å². The second kappa shape index (κ2) is 5.93. The zero-order chi connectivity index (χ0) is 13.9. The summed E-state index contributed by atoms with van der Waals surface area (Å²) >= 11 is 0. The summed E-state index contributed by atoms with van der Waals surface area (Å²) in [6, 6.07) is 0. The first-order valence-electron chi connectivity index (χ1n) is 7.44. The minimum absolute atomic E-state index is 0.0313. The number of carbonyl (C=O) groups excluding carboxylic acids is 2. The first-order chi connectivity index (χ1) is 9.10. The van der Waals surface area contributed by atoms with E-state index in [0.717, 1.165) is 13.0 Å². The van der Waals surface area contributed by atoms with E-state index in [1.54, 1.807) is 4.90 Å². The maximum atomic E-state index is 12.5. The van der Waals surface area contributed by atoms with Crippen LogP contribution < -0.4 is 0 Å². The van der Waals surface area contributed by atoms with Gasteiger partial charge in [0.25, 0.3) is 0 Å². The molecule has 0 atom stereocenters. The number of methoxy groups -OCH3 is 1. The number of rotatable bonds is 4. The van der Waals surface area contributed by atoms with Gasteiger partial charge in [-0.15, -0.1) is 0 Å². The van der Waals surface area contributed by atoms with Crippen LogP contribution in [0.15, 0.2) is 0 Å². The summed E-state index contributed by atoms with van der Waals surface area (Å²) in [4.78, 5) is 26.2. The highest BCUT2D eigenvalue weighted by Gasteiger charge is 2.53. The van der Waals surface area contributed by atoms with Crippen molar-refractivity contribution in [2.24, 2.45) is 11.3 Å². The SMILES string of the molecule is COC(=O)C1(C(=O)N(C)CC2CCCCC2)CCC1. The number of amides is 1. The third-order valence-electron chi connectivity index (χ3n) is 4.80. The summed E-state index contributed by atoms with van der Waals surface area (Å²) in [6.07, 6.45) is 8.52. The lowest BCUT2D eigenvalue weighted by Crippen LogP contribution is -2.52. The zero-order valence-corrected chi connectivity index (χ0v) is 12.1. The number of nitrogens with zero attached hydrogens (tertiary/aromatic N) is 1. The second-order valence-corrected chi connectivity index (χ2v) is 6.12. The minimum atomic E-state index is -0.863. The molecule has 0 saturated heterocycles. The summed E-state index contributed by atoms with van der Waals surface area (Å²) in [5.74, 6) is 0.230. The van der Waals surface area contributed by atoms with E-state index >= 15 is 0 Å². The molecule has 0 spiro atoms. The van der Waals surface area contributed by atoms with Crippen LogP contribution in [0.25, 0.3) is 0 Å². The van der Waals surface area contributed by atoms with Crippen molar-refractivity contribution >= 4 is 11.9 Å². The van der Waals surface area contributed by atoms with Gasteiger partial charge in [-0.05, 0) is 31.6 Å². The summed E-state index contributed by atoms with van der Waals surface area (Å²) in [7, 11) is 3.21. The van der Waals surface area contributed by atoms with E-state index in [9.17, 15) is 9.59 Å². The van der Waals surface area contributed by atoms with Gasteiger partial charge < -0.3 is 9.64 Å². The van der Waals surface area contributed by atoms with Gasteiger partial charge in [-0.2, -0.15) is 0 Å². The number of esters is 1. The maximum Gasteiger partial charge on any atom is 0.321 e. The van der Waals surface area contributed by atoms with E-state index < -0.39 is 5.41 Å². The Morgan fingerprint density at radius 1 is 1.16 bits per heavy atom. The van der Waals surface area contributed by atoms with Gasteiger partial charge in [-0.25, -0.2) is 0 Å². The normalized spacial score (nSPS) is 22.4. The molecule has 108 valence electrons. The topological polar surface area (TPSA) is 46.6 Å². The van der Waals surface area contributed by atoms with E-state index in [2.05, 4.69) is 0 Å². The molecule has 2 rings (SSSR count). The van der Waals surface area contributed by atoms with Crippen molar-refractivity contribution < 1.29 is 14.3 Å². The van der Waals surface area contributed by atoms with Crippen LogP contribution in [0, 0.1) is 11.3 Å². The van der Waals surface area contributed by atoms with Crippen LogP contribution in [0.4, 0.5) is 0 Å². The molecular weight excluding hydrogens is 242 g/mol. The molecule has 2 aliphatic carbocycles. The van der Waals surface area contributed by atoms with Crippen LogP contribution in [0.5, 0.6) is 0 Å². The first kappa shape index (κ1) is 14.4.